The van der Waals surface area contributed by atoms with Gasteiger partial charge in [0, 0.05) is 19.5 Å². The maximum absolute atomic E-state index is 11.4. The molecule has 4 N–H and O–H groups in total. The van der Waals surface area contributed by atoms with Crippen molar-refractivity contribution < 1.29 is 12.8 Å². The summed E-state index contributed by atoms with van der Waals surface area (Å²) in [4.78, 5) is 4.84. The van der Waals surface area contributed by atoms with Gasteiger partial charge in [0.1, 0.15) is 5.76 Å². The Labute approximate surface area is 208 Å². The zero-order valence-electron chi connectivity index (χ0n) is 18.8. The average molecular weight is 575 g/mol. The minimum absolute atomic E-state index is 0. The van der Waals surface area contributed by atoms with Crippen LogP contribution in [-0.4, -0.2) is 27.5 Å². The average Bonchev–Trinajstić information content (AvgIpc) is 3.20. The molecule has 32 heavy (non-hydrogen) atoms. The second kappa shape index (κ2) is 12.0. The lowest BCUT2D eigenvalue weighted by atomic mass is 9.64. The van der Waals surface area contributed by atoms with Gasteiger partial charge in [0.25, 0.3) is 0 Å². The normalized spacial score (nSPS) is 15.7. The van der Waals surface area contributed by atoms with Crippen LogP contribution < -0.4 is 15.8 Å². The summed E-state index contributed by atoms with van der Waals surface area (Å²) in [7, 11) is -3.69. The van der Waals surface area contributed by atoms with E-state index >= 15 is 0 Å². The van der Waals surface area contributed by atoms with E-state index in [1.165, 1.54) is 37.8 Å². The molecule has 2 aromatic rings. The molecule has 1 heterocycles. The molecule has 1 aromatic heterocycles. The minimum Gasteiger partial charge on any atom is -0.469 e. The fourth-order valence-electron chi connectivity index (χ4n) is 4.16. The maximum atomic E-state index is 11.4. The van der Waals surface area contributed by atoms with E-state index in [1.807, 2.05) is 12.1 Å². The Hall–Kier alpha value is -1.59. The Bertz CT molecular complexity index is 954. The molecular weight excluding hydrogens is 539 g/mol. The Balaban J connectivity index is 0.00000363. The second-order valence-electron chi connectivity index (χ2n) is 8.92. The Kier molecular flexibility index (Phi) is 10.0. The van der Waals surface area contributed by atoms with Gasteiger partial charge >= 0.3 is 0 Å². The number of halogens is 1. The van der Waals surface area contributed by atoms with E-state index in [9.17, 15) is 8.42 Å². The first-order chi connectivity index (χ1) is 14.8. The van der Waals surface area contributed by atoms with Gasteiger partial charge in [0.15, 0.2) is 5.96 Å². The monoisotopic (exact) mass is 574 g/mol. The molecule has 0 atom stereocenters. The van der Waals surface area contributed by atoms with Crippen molar-refractivity contribution in [3.63, 3.8) is 0 Å². The van der Waals surface area contributed by atoms with Crippen LogP contribution in [0.5, 0.6) is 0 Å². The third kappa shape index (κ3) is 8.08. The highest BCUT2D eigenvalue weighted by Crippen LogP contribution is 2.45. The van der Waals surface area contributed by atoms with Crippen LogP contribution in [-0.2, 0) is 23.0 Å². The molecule has 0 aliphatic heterocycles. The van der Waals surface area contributed by atoms with Gasteiger partial charge in [0.2, 0.25) is 10.0 Å². The van der Waals surface area contributed by atoms with E-state index in [4.69, 9.17) is 14.5 Å². The number of benzene rings is 1. The zero-order valence-corrected chi connectivity index (χ0v) is 22.0. The number of nitrogens with one attached hydrogen (secondary N) is 2. The first-order valence-electron chi connectivity index (χ1n) is 10.9. The highest BCUT2D eigenvalue weighted by atomic mass is 127. The summed E-state index contributed by atoms with van der Waals surface area (Å²) in [5.41, 5.74) is 1.27. The molecule has 1 aliphatic carbocycles. The number of nitrogens with zero attached hydrogens (tertiary/aromatic N) is 1. The largest absolute Gasteiger partial charge is 0.469 e. The third-order valence-electron chi connectivity index (χ3n) is 5.80. The summed E-state index contributed by atoms with van der Waals surface area (Å²) in [6.07, 6.45) is 7.48. The van der Waals surface area contributed by atoms with Gasteiger partial charge in [-0.2, -0.15) is 0 Å². The van der Waals surface area contributed by atoms with E-state index in [1.54, 1.807) is 18.4 Å². The van der Waals surface area contributed by atoms with Gasteiger partial charge in [-0.1, -0.05) is 32.4 Å². The van der Waals surface area contributed by atoms with Crippen LogP contribution in [0.1, 0.15) is 50.9 Å². The lowest BCUT2D eigenvalue weighted by molar-refractivity contribution is 0.104. The van der Waals surface area contributed by atoms with E-state index in [2.05, 4.69) is 24.5 Å². The summed E-state index contributed by atoms with van der Waals surface area (Å²) < 4.78 is 28.3. The van der Waals surface area contributed by atoms with Crippen LogP contribution in [0.3, 0.4) is 0 Å². The molecule has 0 unspecified atom stereocenters. The molecule has 1 aliphatic rings. The standard InChI is InChI=1S/C23H34N4O3S.HI/c1-18(2)15-23(11-4-12-23)17-27-22(25-13-10-20-5-3-14-30-20)26-16-19-6-8-21(9-7-19)31(24,28)29;/h3,5-9,14,18H,4,10-13,15-17H2,1-2H3,(H2,24,28,29)(H2,25,26,27);1H. The smallest absolute Gasteiger partial charge is 0.238 e. The van der Waals surface area contributed by atoms with Crippen molar-refractivity contribution in [3.8, 4) is 0 Å². The summed E-state index contributed by atoms with van der Waals surface area (Å²) in [5.74, 6) is 2.37. The number of furan rings is 1. The SMILES string of the molecule is CC(C)CC1(CNC(=NCc2ccc(S(N)(=O)=O)cc2)NCCc2ccco2)CCC1.I. The lowest BCUT2D eigenvalue weighted by Gasteiger charge is -2.43. The number of sulfonamides is 1. The summed E-state index contributed by atoms with van der Waals surface area (Å²) in [6, 6.07) is 10.4. The number of primary sulfonamides is 1. The summed E-state index contributed by atoms with van der Waals surface area (Å²) >= 11 is 0. The summed E-state index contributed by atoms with van der Waals surface area (Å²) in [6.45, 7) is 6.62. The van der Waals surface area contributed by atoms with Gasteiger partial charge in [-0.25, -0.2) is 18.5 Å². The first-order valence-corrected chi connectivity index (χ1v) is 12.5. The van der Waals surface area contributed by atoms with Crippen LogP contribution >= 0.6 is 24.0 Å². The topological polar surface area (TPSA) is 110 Å². The van der Waals surface area contributed by atoms with Crippen molar-refractivity contribution in [1.29, 1.82) is 0 Å². The fourth-order valence-corrected chi connectivity index (χ4v) is 4.67. The molecule has 1 fully saturated rings. The zero-order chi connectivity index (χ0) is 22.3. The van der Waals surface area contributed by atoms with E-state index in [-0.39, 0.29) is 28.9 Å². The van der Waals surface area contributed by atoms with E-state index < -0.39 is 10.0 Å². The second-order valence-corrected chi connectivity index (χ2v) is 10.5. The van der Waals surface area contributed by atoms with E-state index in [0.29, 0.717) is 24.4 Å². The predicted molar refractivity (Wildman–Crippen MR) is 139 cm³/mol. The number of hydrogen-bond donors (Lipinski definition) is 3. The van der Waals surface area contributed by atoms with Crippen LogP contribution in [0.15, 0.2) is 57.0 Å². The lowest BCUT2D eigenvalue weighted by Crippen LogP contribution is -2.47. The molecule has 0 amide bonds. The van der Waals surface area contributed by atoms with Crippen LogP contribution in [0.25, 0.3) is 0 Å². The quantitative estimate of drug-likeness (QED) is 0.226. The molecule has 0 bridgehead atoms. The molecule has 3 rings (SSSR count). The highest BCUT2D eigenvalue weighted by Gasteiger charge is 2.37. The van der Waals surface area contributed by atoms with Crippen molar-refractivity contribution in [2.24, 2.45) is 21.5 Å². The molecule has 7 nitrogen and oxygen atoms in total. The molecule has 0 radical (unpaired) electrons. The number of hydrogen-bond acceptors (Lipinski definition) is 4. The Morgan fingerprint density at radius 1 is 1.19 bits per heavy atom. The molecular formula is C23H35IN4O3S. The number of rotatable bonds is 10. The molecule has 178 valence electrons. The van der Waals surface area contributed by atoms with Gasteiger partial charge < -0.3 is 15.1 Å². The van der Waals surface area contributed by atoms with Crippen LogP contribution in [0.4, 0.5) is 0 Å². The molecule has 1 aromatic carbocycles. The van der Waals surface area contributed by atoms with Gasteiger partial charge in [-0.3, -0.25) is 0 Å². The van der Waals surface area contributed by atoms with Crippen molar-refractivity contribution >= 4 is 40.0 Å². The maximum Gasteiger partial charge on any atom is 0.238 e. The number of guanidine groups is 1. The van der Waals surface area contributed by atoms with E-state index in [0.717, 1.165) is 30.2 Å². The van der Waals surface area contributed by atoms with Gasteiger partial charge in [0.05, 0.1) is 17.7 Å². The van der Waals surface area contributed by atoms with Gasteiger partial charge in [-0.15, -0.1) is 24.0 Å². The van der Waals surface area contributed by atoms with Crippen molar-refractivity contribution in [2.45, 2.75) is 57.4 Å². The minimum atomic E-state index is -3.69. The molecule has 1 saturated carbocycles. The number of aliphatic imine (C=N–C) groups is 1. The van der Waals surface area contributed by atoms with Crippen molar-refractivity contribution in [3.05, 3.63) is 54.0 Å². The Morgan fingerprint density at radius 2 is 1.91 bits per heavy atom. The molecule has 9 heteroatoms. The first kappa shape index (κ1) is 26.7. The third-order valence-corrected chi connectivity index (χ3v) is 6.73. The summed E-state index contributed by atoms with van der Waals surface area (Å²) in [5, 5.41) is 12.1. The highest BCUT2D eigenvalue weighted by molar-refractivity contribution is 14.0. The van der Waals surface area contributed by atoms with Crippen molar-refractivity contribution in [2.75, 3.05) is 13.1 Å². The molecule has 0 spiro atoms. The Morgan fingerprint density at radius 3 is 2.44 bits per heavy atom. The fraction of sp³-hybridized carbons (Fsp3) is 0.522. The van der Waals surface area contributed by atoms with Crippen LogP contribution in [0.2, 0.25) is 0 Å². The van der Waals surface area contributed by atoms with Crippen molar-refractivity contribution in [1.82, 2.24) is 10.6 Å². The van der Waals surface area contributed by atoms with Crippen LogP contribution in [0, 0.1) is 11.3 Å². The molecule has 0 saturated heterocycles. The van der Waals surface area contributed by atoms with Gasteiger partial charge in [-0.05, 0) is 60.4 Å². The number of nitrogens with two attached hydrogens (primary N) is 1. The predicted octanol–water partition coefficient (Wildman–Crippen LogP) is 4.04.